The van der Waals surface area contributed by atoms with Crippen molar-refractivity contribution in [3.63, 3.8) is 0 Å². The standard InChI is InChI=1S/C26H26Cl2N4O4S/c1-26(2,3)36-23(33)15-32(37-20-12-17(27)11-18(28)13-20)19-6-7-21-16(10-19)8-9-31(21)22-14-29(4)25(35)30(5)24(22)34/h6-14H,15H2,1-5H3. The van der Waals surface area contributed by atoms with Crippen LogP contribution in [0.1, 0.15) is 20.8 Å². The fourth-order valence-corrected chi connectivity index (χ4v) is 5.48. The van der Waals surface area contributed by atoms with Gasteiger partial charge in [0.1, 0.15) is 17.8 Å². The van der Waals surface area contributed by atoms with Crippen LogP contribution in [0.4, 0.5) is 5.69 Å². The molecule has 8 nitrogen and oxygen atoms in total. The molecular weight excluding hydrogens is 535 g/mol. The monoisotopic (exact) mass is 560 g/mol. The number of esters is 1. The van der Waals surface area contributed by atoms with E-state index in [9.17, 15) is 14.4 Å². The largest absolute Gasteiger partial charge is 0.459 e. The number of benzene rings is 2. The van der Waals surface area contributed by atoms with E-state index in [1.807, 2.05) is 45.0 Å². The Kier molecular flexibility index (Phi) is 7.50. The summed E-state index contributed by atoms with van der Waals surface area (Å²) in [6.45, 7) is 5.42. The van der Waals surface area contributed by atoms with E-state index in [0.717, 1.165) is 26.1 Å². The maximum absolute atomic E-state index is 12.8. The number of fused-ring (bicyclic) bond motifs is 1. The Balaban J connectivity index is 1.75. The van der Waals surface area contributed by atoms with Gasteiger partial charge in [0.05, 0.1) is 5.52 Å². The first kappa shape index (κ1) is 26.9. The van der Waals surface area contributed by atoms with E-state index < -0.39 is 16.9 Å². The molecule has 194 valence electrons. The Hall–Kier alpha value is -3.14. The maximum Gasteiger partial charge on any atom is 0.330 e. The van der Waals surface area contributed by atoms with Crippen LogP contribution < -0.4 is 15.6 Å². The molecule has 0 saturated heterocycles. The maximum atomic E-state index is 12.8. The van der Waals surface area contributed by atoms with Gasteiger partial charge in [-0.3, -0.25) is 14.2 Å². The van der Waals surface area contributed by atoms with Crippen LogP contribution in [0.25, 0.3) is 16.6 Å². The molecule has 0 radical (unpaired) electrons. The van der Waals surface area contributed by atoms with Gasteiger partial charge in [-0.2, -0.15) is 0 Å². The number of aromatic nitrogens is 3. The summed E-state index contributed by atoms with van der Waals surface area (Å²) in [7, 11) is 3.05. The Morgan fingerprint density at radius 2 is 1.70 bits per heavy atom. The second-order valence-corrected chi connectivity index (χ2v) is 11.5. The van der Waals surface area contributed by atoms with Gasteiger partial charge < -0.3 is 18.2 Å². The number of ether oxygens (including phenoxy) is 1. The lowest BCUT2D eigenvalue weighted by molar-refractivity contribution is -0.152. The molecule has 11 heteroatoms. The zero-order valence-corrected chi connectivity index (χ0v) is 23.3. The fraction of sp³-hybridized carbons (Fsp3) is 0.269. The lowest BCUT2D eigenvalue weighted by Crippen LogP contribution is -2.38. The molecule has 37 heavy (non-hydrogen) atoms. The van der Waals surface area contributed by atoms with Crippen LogP contribution >= 0.6 is 35.1 Å². The predicted molar refractivity (Wildman–Crippen MR) is 149 cm³/mol. The van der Waals surface area contributed by atoms with Crippen LogP contribution in [0, 0.1) is 0 Å². The van der Waals surface area contributed by atoms with Crippen molar-refractivity contribution in [3.8, 4) is 5.69 Å². The number of hydrogen-bond acceptors (Lipinski definition) is 6. The summed E-state index contributed by atoms with van der Waals surface area (Å²) in [5.74, 6) is -0.389. The van der Waals surface area contributed by atoms with Gasteiger partial charge in [-0.05, 0) is 75.2 Å². The minimum absolute atomic E-state index is 0.0282. The van der Waals surface area contributed by atoms with Gasteiger partial charge in [0.25, 0.3) is 5.56 Å². The molecule has 0 saturated carbocycles. The minimum Gasteiger partial charge on any atom is -0.459 e. The lowest BCUT2D eigenvalue weighted by atomic mass is 10.2. The summed E-state index contributed by atoms with van der Waals surface area (Å²) >= 11 is 13.7. The van der Waals surface area contributed by atoms with E-state index in [1.54, 1.807) is 40.3 Å². The lowest BCUT2D eigenvalue weighted by Gasteiger charge is -2.26. The summed E-state index contributed by atoms with van der Waals surface area (Å²) in [4.78, 5) is 38.4. The Morgan fingerprint density at radius 1 is 1.03 bits per heavy atom. The van der Waals surface area contributed by atoms with E-state index in [1.165, 1.54) is 29.8 Å². The second kappa shape index (κ2) is 10.3. The van der Waals surface area contributed by atoms with Gasteiger partial charge in [-0.1, -0.05) is 23.2 Å². The highest BCUT2D eigenvalue weighted by atomic mass is 35.5. The van der Waals surface area contributed by atoms with Crippen molar-refractivity contribution in [2.24, 2.45) is 14.1 Å². The molecule has 4 rings (SSSR count). The fourth-order valence-electron chi connectivity index (χ4n) is 3.83. The van der Waals surface area contributed by atoms with Crippen molar-refractivity contribution in [2.45, 2.75) is 31.3 Å². The number of aryl methyl sites for hydroxylation is 1. The summed E-state index contributed by atoms with van der Waals surface area (Å²) in [5, 5.41) is 1.81. The van der Waals surface area contributed by atoms with Crippen molar-refractivity contribution >= 4 is 57.7 Å². The first-order valence-corrected chi connectivity index (χ1v) is 12.9. The van der Waals surface area contributed by atoms with Crippen LogP contribution in [0.2, 0.25) is 10.0 Å². The molecule has 4 aromatic rings. The van der Waals surface area contributed by atoms with Crippen LogP contribution in [-0.2, 0) is 23.6 Å². The molecule has 2 aromatic heterocycles. The summed E-state index contributed by atoms with van der Waals surface area (Å²) in [5.41, 5.74) is 0.433. The molecule has 0 spiro atoms. The van der Waals surface area contributed by atoms with Crippen molar-refractivity contribution in [3.05, 3.63) is 85.7 Å². The zero-order chi connectivity index (χ0) is 27.1. The number of carbonyl (C=O) groups is 1. The second-order valence-electron chi connectivity index (χ2n) is 9.52. The highest BCUT2D eigenvalue weighted by Gasteiger charge is 2.21. The van der Waals surface area contributed by atoms with Crippen LogP contribution in [0.15, 0.2) is 69.3 Å². The summed E-state index contributed by atoms with van der Waals surface area (Å²) in [6.07, 6.45) is 3.29. The topological polar surface area (TPSA) is 78.5 Å². The molecule has 0 aliphatic rings. The number of halogens is 2. The molecule has 0 N–H and O–H groups in total. The molecule has 0 fully saturated rings. The van der Waals surface area contributed by atoms with Gasteiger partial charge in [0.2, 0.25) is 0 Å². The normalized spacial score (nSPS) is 11.6. The average Bonchev–Trinajstić information content (AvgIpc) is 3.21. The molecule has 0 aliphatic heterocycles. The molecule has 0 aliphatic carbocycles. The molecule has 0 bridgehead atoms. The van der Waals surface area contributed by atoms with Crippen LogP contribution in [-0.4, -0.2) is 31.8 Å². The van der Waals surface area contributed by atoms with Gasteiger partial charge in [-0.15, -0.1) is 0 Å². The smallest absolute Gasteiger partial charge is 0.330 e. The average molecular weight is 561 g/mol. The van der Waals surface area contributed by atoms with Crippen molar-refractivity contribution < 1.29 is 9.53 Å². The third-order valence-electron chi connectivity index (χ3n) is 5.39. The van der Waals surface area contributed by atoms with Crippen molar-refractivity contribution in [1.29, 1.82) is 0 Å². The van der Waals surface area contributed by atoms with Crippen LogP contribution in [0.3, 0.4) is 0 Å². The quantitative estimate of drug-likeness (QED) is 0.238. The van der Waals surface area contributed by atoms with Gasteiger partial charge in [-0.25, -0.2) is 4.79 Å². The Bertz CT molecular complexity index is 1600. The SMILES string of the molecule is Cn1cc(-n2ccc3cc(N(CC(=O)OC(C)(C)C)Sc4cc(Cl)cc(Cl)c4)ccc32)c(=O)n(C)c1=O. The number of nitrogens with zero attached hydrogens (tertiary/aromatic N) is 4. The Morgan fingerprint density at radius 3 is 2.35 bits per heavy atom. The molecule has 0 atom stereocenters. The van der Waals surface area contributed by atoms with E-state index >= 15 is 0 Å². The molecule has 0 unspecified atom stereocenters. The first-order valence-electron chi connectivity index (χ1n) is 11.3. The molecular formula is C26H26Cl2N4O4S. The van der Waals surface area contributed by atoms with Crippen molar-refractivity contribution in [2.75, 3.05) is 10.8 Å². The van der Waals surface area contributed by atoms with E-state index in [2.05, 4.69) is 0 Å². The number of anilines is 1. The number of carbonyl (C=O) groups excluding carboxylic acids is 1. The molecule has 0 amide bonds. The van der Waals surface area contributed by atoms with E-state index in [4.69, 9.17) is 27.9 Å². The molecule has 2 heterocycles. The zero-order valence-electron chi connectivity index (χ0n) is 21.0. The van der Waals surface area contributed by atoms with Gasteiger partial charge in [0.15, 0.2) is 0 Å². The van der Waals surface area contributed by atoms with Gasteiger partial charge in [0, 0.05) is 52.5 Å². The van der Waals surface area contributed by atoms with Crippen molar-refractivity contribution in [1.82, 2.24) is 13.7 Å². The summed E-state index contributed by atoms with van der Waals surface area (Å²) < 4.78 is 11.5. The number of hydrogen-bond donors (Lipinski definition) is 0. The van der Waals surface area contributed by atoms with E-state index in [0.29, 0.717) is 15.7 Å². The highest BCUT2D eigenvalue weighted by Crippen LogP contribution is 2.34. The van der Waals surface area contributed by atoms with E-state index in [-0.39, 0.29) is 12.5 Å². The third-order valence-corrected chi connectivity index (χ3v) is 6.84. The molecule has 2 aromatic carbocycles. The minimum atomic E-state index is -0.629. The first-order chi connectivity index (χ1) is 17.3. The third kappa shape index (κ3) is 6.06. The number of rotatable bonds is 6. The summed E-state index contributed by atoms with van der Waals surface area (Å²) in [6, 6.07) is 12.7. The van der Waals surface area contributed by atoms with Crippen LogP contribution in [0.5, 0.6) is 0 Å². The van der Waals surface area contributed by atoms with Gasteiger partial charge >= 0.3 is 11.7 Å². The highest BCUT2D eigenvalue weighted by molar-refractivity contribution is 8.00. The Labute approximate surface area is 228 Å². The predicted octanol–water partition coefficient (Wildman–Crippen LogP) is 5.19.